The Labute approximate surface area is 201 Å². The Bertz CT molecular complexity index is 784. The lowest BCUT2D eigenvalue weighted by molar-refractivity contribution is 0.541. The number of rotatable bonds is 10. The third-order valence-electron chi connectivity index (χ3n) is 4.64. The van der Waals surface area contributed by atoms with Crippen molar-refractivity contribution in [3.8, 4) is 6.07 Å². The molecule has 2 rings (SSSR count). The van der Waals surface area contributed by atoms with Crippen LogP contribution in [0.15, 0.2) is 46.6 Å². The molecule has 184 valence electrons. The summed E-state index contributed by atoms with van der Waals surface area (Å²) in [6.45, 7) is 10.6. The first kappa shape index (κ1) is 32.6. The van der Waals surface area contributed by atoms with Crippen molar-refractivity contribution in [1.82, 2.24) is 0 Å². The molecule has 0 saturated carbocycles. The number of nitriles is 1. The van der Waals surface area contributed by atoms with Crippen molar-refractivity contribution in [1.29, 1.82) is 5.26 Å². The quantitative estimate of drug-likeness (QED) is 0.257. The van der Waals surface area contributed by atoms with Gasteiger partial charge in [0.05, 0.1) is 23.0 Å². The molecule has 0 radical (unpaired) electrons. The molecule has 0 amide bonds. The molecule has 0 aliphatic heterocycles. The average molecular weight is 460 g/mol. The number of hydrogen-bond donors (Lipinski definition) is 0. The van der Waals surface area contributed by atoms with Crippen molar-refractivity contribution >= 4 is 11.4 Å². The fourth-order valence-electron chi connectivity index (χ4n) is 2.86. The fraction of sp³-hybridized carbons (Fsp3) is 0.536. The molecule has 0 aromatic heterocycles. The highest BCUT2D eigenvalue weighted by Crippen LogP contribution is 2.25. The summed E-state index contributed by atoms with van der Waals surface area (Å²) >= 11 is 0. The lowest BCUT2D eigenvalue weighted by Gasteiger charge is -2.06. The Balaban J connectivity index is 0. The second-order valence-corrected chi connectivity index (χ2v) is 7.26. The number of hydrogen-bond acceptors (Lipinski definition) is 3. The minimum atomic E-state index is -0.579. The van der Waals surface area contributed by atoms with Gasteiger partial charge in [-0.2, -0.15) is 15.5 Å². The maximum atomic E-state index is 14.1. The van der Waals surface area contributed by atoms with Gasteiger partial charge in [0, 0.05) is 17.7 Å². The van der Waals surface area contributed by atoms with Gasteiger partial charge in [-0.15, -0.1) is 0 Å². The van der Waals surface area contributed by atoms with Crippen LogP contribution in [0.2, 0.25) is 0 Å². The molecule has 0 aliphatic carbocycles. The molecule has 0 heterocycles. The van der Waals surface area contributed by atoms with Crippen LogP contribution in [0.3, 0.4) is 0 Å². The van der Waals surface area contributed by atoms with Crippen molar-refractivity contribution in [2.24, 2.45) is 10.2 Å². The van der Waals surface area contributed by atoms with E-state index in [2.05, 4.69) is 31.0 Å². The van der Waals surface area contributed by atoms with E-state index in [-0.39, 0.29) is 18.7 Å². The number of nitrogens with zero attached hydrogens (tertiary/aromatic N) is 3. The Kier molecular flexibility index (Phi) is 21.0. The van der Waals surface area contributed by atoms with Crippen molar-refractivity contribution < 1.29 is 8.78 Å². The SMILES string of the molecule is C.CC.CCCCC.CCCCCCCc1c(F)cc(N=Nc2ccc(C#N)cc2)cc1F. The largest absolute Gasteiger partial charge is 0.207 e. The summed E-state index contributed by atoms with van der Waals surface area (Å²) in [4.78, 5) is 0. The van der Waals surface area contributed by atoms with E-state index in [1.165, 1.54) is 31.4 Å². The first-order valence-corrected chi connectivity index (χ1v) is 11.9. The Hall–Kier alpha value is -2.61. The monoisotopic (exact) mass is 459 g/mol. The third-order valence-corrected chi connectivity index (χ3v) is 4.64. The highest BCUT2D eigenvalue weighted by Gasteiger charge is 2.11. The van der Waals surface area contributed by atoms with Gasteiger partial charge in [0.1, 0.15) is 11.6 Å². The molecule has 5 heteroatoms. The summed E-state index contributed by atoms with van der Waals surface area (Å²) in [5.41, 5.74) is 1.28. The summed E-state index contributed by atoms with van der Waals surface area (Å²) in [6, 6.07) is 10.9. The van der Waals surface area contributed by atoms with E-state index in [1.54, 1.807) is 24.3 Å². The van der Waals surface area contributed by atoms with E-state index in [9.17, 15) is 8.78 Å². The maximum Gasteiger partial charge on any atom is 0.131 e. The standard InChI is InChI=1S/C20H21F2N3.C5H12.C2H6.CH4/c1-2-3-4-5-6-7-18-19(21)12-17(13-20(18)22)25-24-16-10-8-15(14-23)9-11-16;1-3-5-4-2;1-2;/h8-13H,2-7H2,1H3;3-5H2,1-2H3;1-2H3;1H4. The first-order valence-electron chi connectivity index (χ1n) is 11.9. The molecular weight excluding hydrogens is 416 g/mol. The third kappa shape index (κ3) is 14.2. The van der Waals surface area contributed by atoms with Crippen LogP contribution >= 0.6 is 0 Å². The topological polar surface area (TPSA) is 48.5 Å². The van der Waals surface area contributed by atoms with Gasteiger partial charge in [0.15, 0.2) is 0 Å². The maximum absolute atomic E-state index is 14.1. The van der Waals surface area contributed by atoms with E-state index >= 15 is 0 Å². The number of azo groups is 1. The number of benzene rings is 2. The molecule has 2 aromatic rings. The van der Waals surface area contributed by atoms with Crippen LogP contribution in [-0.2, 0) is 6.42 Å². The number of halogens is 2. The van der Waals surface area contributed by atoms with Crippen LogP contribution in [0, 0.1) is 23.0 Å². The van der Waals surface area contributed by atoms with Crippen molar-refractivity contribution in [3.05, 3.63) is 59.2 Å². The zero-order valence-corrected chi connectivity index (χ0v) is 20.4. The molecule has 0 aliphatic rings. The van der Waals surface area contributed by atoms with Crippen LogP contribution < -0.4 is 0 Å². The van der Waals surface area contributed by atoms with E-state index in [0.29, 0.717) is 17.7 Å². The minimum Gasteiger partial charge on any atom is -0.207 e. The Morgan fingerprint density at radius 2 is 1.21 bits per heavy atom. The molecule has 2 aromatic carbocycles. The van der Waals surface area contributed by atoms with Gasteiger partial charge in [-0.25, -0.2) is 8.78 Å². The van der Waals surface area contributed by atoms with E-state index < -0.39 is 11.6 Å². The predicted molar refractivity (Wildman–Crippen MR) is 137 cm³/mol. The highest BCUT2D eigenvalue weighted by molar-refractivity contribution is 5.44. The van der Waals surface area contributed by atoms with E-state index in [1.807, 2.05) is 19.9 Å². The van der Waals surface area contributed by atoms with Crippen LogP contribution in [-0.4, -0.2) is 0 Å². The second-order valence-electron chi connectivity index (χ2n) is 7.26. The van der Waals surface area contributed by atoms with Crippen LogP contribution in [0.25, 0.3) is 0 Å². The summed E-state index contributed by atoms with van der Waals surface area (Å²) in [5.74, 6) is -1.16. The smallest absolute Gasteiger partial charge is 0.131 e. The molecule has 33 heavy (non-hydrogen) atoms. The van der Waals surface area contributed by atoms with Gasteiger partial charge in [-0.3, -0.25) is 0 Å². The summed E-state index contributed by atoms with van der Waals surface area (Å²) in [6.07, 6.45) is 9.62. The van der Waals surface area contributed by atoms with Gasteiger partial charge in [0.2, 0.25) is 0 Å². The van der Waals surface area contributed by atoms with Crippen LogP contribution in [0.5, 0.6) is 0 Å². The molecule has 0 saturated heterocycles. The van der Waals surface area contributed by atoms with Crippen molar-refractivity contribution in [3.63, 3.8) is 0 Å². The molecule has 0 atom stereocenters. The van der Waals surface area contributed by atoms with Crippen LogP contribution in [0.1, 0.15) is 105 Å². The van der Waals surface area contributed by atoms with Crippen LogP contribution in [0.4, 0.5) is 20.2 Å². The van der Waals surface area contributed by atoms with Gasteiger partial charge < -0.3 is 0 Å². The molecule has 0 spiro atoms. The predicted octanol–water partition coefficient (Wildman–Crippen LogP) is 10.6. The molecule has 0 bridgehead atoms. The van der Waals surface area contributed by atoms with Crippen molar-refractivity contribution in [2.45, 2.75) is 99.8 Å². The van der Waals surface area contributed by atoms with Crippen molar-refractivity contribution in [2.75, 3.05) is 0 Å². The molecule has 3 nitrogen and oxygen atoms in total. The highest BCUT2D eigenvalue weighted by atomic mass is 19.1. The van der Waals surface area contributed by atoms with Gasteiger partial charge in [-0.1, -0.05) is 87.0 Å². The molecular formula is C28H43F2N3. The lowest BCUT2D eigenvalue weighted by atomic mass is 10.0. The number of unbranched alkanes of at least 4 members (excludes halogenated alkanes) is 6. The lowest BCUT2D eigenvalue weighted by Crippen LogP contribution is -1.96. The van der Waals surface area contributed by atoms with Gasteiger partial charge >= 0.3 is 0 Å². The minimum absolute atomic E-state index is 0. The Morgan fingerprint density at radius 1 is 0.727 bits per heavy atom. The fourth-order valence-corrected chi connectivity index (χ4v) is 2.86. The molecule has 0 unspecified atom stereocenters. The normalized spacial score (nSPS) is 9.76. The van der Waals surface area contributed by atoms with Gasteiger partial charge in [-0.05, 0) is 37.1 Å². The first-order chi connectivity index (χ1) is 15.5. The second kappa shape index (κ2) is 21.2. The van der Waals surface area contributed by atoms with E-state index in [0.717, 1.165) is 32.1 Å². The average Bonchev–Trinajstić information content (AvgIpc) is 2.81. The summed E-state index contributed by atoms with van der Waals surface area (Å²) in [7, 11) is 0. The zero-order chi connectivity index (χ0) is 24.2. The summed E-state index contributed by atoms with van der Waals surface area (Å²) < 4.78 is 28.3. The zero-order valence-electron chi connectivity index (χ0n) is 20.4. The Morgan fingerprint density at radius 3 is 1.67 bits per heavy atom. The molecule has 0 fully saturated rings. The molecule has 0 N–H and O–H groups in total. The van der Waals surface area contributed by atoms with Gasteiger partial charge in [0.25, 0.3) is 0 Å². The van der Waals surface area contributed by atoms with E-state index in [4.69, 9.17) is 5.26 Å². The summed E-state index contributed by atoms with van der Waals surface area (Å²) in [5, 5.41) is 16.6.